The van der Waals surface area contributed by atoms with Gasteiger partial charge < -0.3 is 16.8 Å². The van der Waals surface area contributed by atoms with Crippen LogP contribution >= 0.6 is 11.5 Å². The van der Waals surface area contributed by atoms with Crippen LogP contribution in [0.25, 0.3) is 0 Å². The molecule has 2 aromatic carbocycles. The van der Waals surface area contributed by atoms with E-state index >= 15 is 0 Å². The third-order valence-corrected chi connectivity index (χ3v) is 6.46. The Morgan fingerprint density at radius 3 is 2.00 bits per heavy atom. The van der Waals surface area contributed by atoms with Crippen molar-refractivity contribution in [2.45, 2.75) is 59.0 Å². The summed E-state index contributed by atoms with van der Waals surface area (Å²) in [5.41, 5.74) is 13.9. The fourth-order valence-corrected chi connectivity index (χ4v) is 4.49. The van der Waals surface area contributed by atoms with E-state index in [1.54, 1.807) is 0 Å². The lowest BCUT2D eigenvalue weighted by atomic mass is 9.98. The summed E-state index contributed by atoms with van der Waals surface area (Å²) in [5, 5.41) is 3.01. The Labute approximate surface area is 215 Å². The first-order valence-electron chi connectivity index (χ1n) is 11.7. The van der Waals surface area contributed by atoms with E-state index < -0.39 is 23.4 Å². The predicted octanol–water partition coefficient (Wildman–Crippen LogP) is 4.56. The van der Waals surface area contributed by atoms with Crippen LogP contribution in [0.4, 0.5) is 11.4 Å². The first-order chi connectivity index (χ1) is 16.8. The van der Waals surface area contributed by atoms with Crippen molar-refractivity contribution in [1.29, 1.82) is 0 Å². The molecule has 1 heterocycles. The summed E-state index contributed by atoms with van der Waals surface area (Å²) in [6, 6.07) is 13.9. The number of nitrogens with one attached hydrogen (secondary N) is 1. The highest BCUT2D eigenvalue weighted by Crippen LogP contribution is 2.34. The van der Waals surface area contributed by atoms with Crippen LogP contribution in [0.3, 0.4) is 0 Å². The molecule has 3 amide bonds. The van der Waals surface area contributed by atoms with Crippen molar-refractivity contribution in [3.63, 3.8) is 0 Å². The van der Waals surface area contributed by atoms with Crippen LogP contribution in [0.5, 0.6) is 0 Å². The van der Waals surface area contributed by atoms with Crippen molar-refractivity contribution >= 4 is 40.6 Å². The van der Waals surface area contributed by atoms with Gasteiger partial charge in [0.1, 0.15) is 10.9 Å². The number of anilines is 2. The van der Waals surface area contributed by atoms with Crippen LogP contribution in [0.15, 0.2) is 48.5 Å². The molecule has 5 N–H and O–H groups in total. The topological polar surface area (TPSA) is 131 Å². The quantitative estimate of drug-likeness (QED) is 0.431. The molecular weight excluding hydrogens is 474 g/mol. The fraction of sp³-hybridized carbons (Fsp3) is 0.333. The Morgan fingerprint density at radius 1 is 0.972 bits per heavy atom. The summed E-state index contributed by atoms with van der Waals surface area (Å²) in [4.78, 5) is 41.0. The maximum absolute atomic E-state index is 14.1. The highest BCUT2D eigenvalue weighted by atomic mass is 32.1. The van der Waals surface area contributed by atoms with E-state index in [-0.39, 0.29) is 28.1 Å². The lowest BCUT2D eigenvalue weighted by Crippen LogP contribution is -2.49. The number of nitrogens with two attached hydrogens (primary N) is 2. The van der Waals surface area contributed by atoms with Gasteiger partial charge in [0.05, 0.1) is 5.69 Å². The molecule has 0 aliphatic carbocycles. The second kappa shape index (κ2) is 10.5. The molecule has 3 rings (SSSR count). The Balaban J connectivity index is 2.23. The molecule has 0 bridgehead atoms. The number of aryl methyl sites for hydroxylation is 1. The average Bonchev–Trinajstić information content (AvgIpc) is 3.18. The van der Waals surface area contributed by atoms with Gasteiger partial charge in [-0.05, 0) is 68.4 Å². The second-order valence-electron chi connectivity index (χ2n) is 10.1. The van der Waals surface area contributed by atoms with Gasteiger partial charge in [-0.1, -0.05) is 55.8 Å². The number of hydrogen-bond acceptors (Lipinski definition) is 6. The highest BCUT2D eigenvalue weighted by Gasteiger charge is 2.37. The standard InChI is InChI=1S/C27H33N5O3S/c1-15(2)17-11-13-19(14-12-17)32(26(35)23-20(28)21(24(29)33)31-36-23)22(25(34)30-27(4,5)6)18-9-7-16(3)8-10-18/h7-15,22H,28H2,1-6H3,(H2,29,33)(H,30,34)/t22-/m1/s1. The van der Waals surface area contributed by atoms with Crippen molar-refractivity contribution < 1.29 is 14.4 Å². The molecule has 3 aromatic rings. The molecule has 9 heteroatoms. The molecule has 1 aromatic heterocycles. The van der Waals surface area contributed by atoms with Crippen molar-refractivity contribution in [1.82, 2.24) is 9.69 Å². The average molecular weight is 508 g/mol. The van der Waals surface area contributed by atoms with Gasteiger partial charge in [-0.25, -0.2) is 0 Å². The first-order valence-corrected chi connectivity index (χ1v) is 12.4. The number of nitrogen functional groups attached to an aromatic ring is 1. The Hall–Kier alpha value is -3.72. The van der Waals surface area contributed by atoms with Gasteiger partial charge >= 0.3 is 0 Å². The maximum Gasteiger partial charge on any atom is 0.273 e. The third-order valence-electron chi connectivity index (χ3n) is 5.61. The van der Waals surface area contributed by atoms with E-state index in [1.807, 2.05) is 76.2 Å². The van der Waals surface area contributed by atoms with Gasteiger partial charge in [0.15, 0.2) is 5.69 Å². The zero-order valence-corrected chi connectivity index (χ0v) is 22.3. The number of primary amides is 1. The van der Waals surface area contributed by atoms with Gasteiger partial charge in [0.2, 0.25) is 5.91 Å². The molecule has 8 nitrogen and oxygen atoms in total. The monoisotopic (exact) mass is 507 g/mol. The van der Waals surface area contributed by atoms with Gasteiger partial charge in [0.25, 0.3) is 11.8 Å². The molecule has 0 spiro atoms. The summed E-state index contributed by atoms with van der Waals surface area (Å²) in [6.45, 7) is 11.7. The minimum Gasteiger partial charge on any atom is -0.395 e. The summed E-state index contributed by atoms with van der Waals surface area (Å²) in [5.74, 6) is -1.44. The molecule has 0 saturated carbocycles. The number of benzene rings is 2. The summed E-state index contributed by atoms with van der Waals surface area (Å²) in [6.07, 6.45) is 0. The van der Waals surface area contributed by atoms with Gasteiger partial charge in [-0.3, -0.25) is 19.3 Å². The number of hydrogen-bond donors (Lipinski definition) is 3. The number of aromatic nitrogens is 1. The molecule has 1 atom stereocenters. The van der Waals surface area contributed by atoms with E-state index in [0.717, 1.165) is 22.7 Å². The lowest BCUT2D eigenvalue weighted by Gasteiger charge is -2.33. The van der Waals surface area contributed by atoms with Gasteiger partial charge in [-0.2, -0.15) is 4.37 Å². The van der Waals surface area contributed by atoms with Gasteiger partial charge in [0, 0.05) is 11.2 Å². The van der Waals surface area contributed by atoms with Gasteiger partial charge in [-0.15, -0.1) is 0 Å². The minimum atomic E-state index is -1.01. The van der Waals surface area contributed by atoms with E-state index in [2.05, 4.69) is 23.5 Å². The summed E-state index contributed by atoms with van der Waals surface area (Å²) in [7, 11) is 0. The number of amides is 3. The number of carbonyl (C=O) groups is 3. The van der Waals surface area contributed by atoms with Crippen LogP contribution in [0.2, 0.25) is 0 Å². The fourth-order valence-electron chi connectivity index (χ4n) is 3.75. The molecule has 0 fully saturated rings. The largest absolute Gasteiger partial charge is 0.395 e. The van der Waals surface area contributed by atoms with E-state index in [0.29, 0.717) is 11.3 Å². The lowest BCUT2D eigenvalue weighted by molar-refractivity contribution is -0.123. The van der Waals surface area contributed by atoms with E-state index in [1.165, 1.54) is 4.90 Å². The SMILES string of the molecule is Cc1ccc([C@H](C(=O)NC(C)(C)C)N(C(=O)c2snc(C(N)=O)c2N)c2ccc(C(C)C)cc2)cc1. The zero-order valence-electron chi connectivity index (χ0n) is 21.5. The Bertz CT molecular complexity index is 1260. The second-order valence-corrected chi connectivity index (χ2v) is 10.9. The highest BCUT2D eigenvalue weighted by molar-refractivity contribution is 7.09. The molecule has 0 aliphatic heterocycles. The molecule has 0 unspecified atom stereocenters. The molecule has 0 radical (unpaired) electrons. The third kappa shape index (κ3) is 5.91. The summed E-state index contributed by atoms with van der Waals surface area (Å²) < 4.78 is 3.99. The van der Waals surface area contributed by atoms with Crippen molar-refractivity contribution in [2.24, 2.45) is 5.73 Å². The smallest absolute Gasteiger partial charge is 0.273 e. The molecule has 0 aliphatic rings. The number of carbonyl (C=O) groups excluding carboxylic acids is 3. The molecule has 190 valence electrons. The van der Waals surface area contributed by atoms with E-state index in [4.69, 9.17) is 11.5 Å². The van der Waals surface area contributed by atoms with Crippen molar-refractivity contribution in [3.8, 4) is 0 Å². The number of nitrogens with zero attached hydrogens (tertiary/aromatic N) is 2. The molecular formula is C27H33N5O3S. The Morgan fingerprint density at radius 2 is 1.53 bits per heavy atom. The first kappa shape index (κ1) is 26.9. The molecule has 0 saturated heterocycles. The van der Waals surface area contributed by atoms with E-state index in [9.17, 15) is 14.4 Å². The van der Waals surface area contributed by atoms with Crippen LogP contribution in [-0.4, -0.2) is 27.6 Å². The summed E-state index contributed by atoms with van der Waals surface area (Å²) >= 11 is 0.785. The van der Waals surface area contributed by atoms with Crippen molar-refractivity contribution in [2.75, 3.05) is 10.6 Å². The van der Waals surface area contributed by atoms with Crippen LogP contribution in [-0.2, 0) is 4.79 Å². The van der Waals surface area contributed by atoms with Crippen molar-refractivity contribution in [3.05, 3.63) is 75.8 Å². The molecule has 36 heavy (non-hydrogen) atoms. The minimum absolute atomic E-state index is 0.0393. The van der Waals surface area contributed by atoms with Crippen LogP contribution < -0.4 is 21.7 Å². The van der Waals surface area contributed by atoms with Crippen LogP contribution in [0.1, 0.15) is 83.4 Å². The van der Waals surface area contributed by atoms with Crippen LogP contribution in [0, 0.1) is 6.92 Å². The predicted molar refractivity (Wildman–Crippen MR) is 144 cm³/mol. The maximum atomic E-state index is 14.1. The number of rotatable bonds is 7. The normalized spacial score (nSPS) is 12.3. The zero-order chi connectivity index (χ0) is 26.8. The Kier molecular flexibility index (Phi) is 7.83.